The van der Waals surface area contributed by atoms with Crippen LogP contribution in [0.5, 0.6) is 0 Å². The minimum absolute atomic E-state index is 0.0536. The zero-order chi connectivity index (χ0) is 12.1. The van der Waals surface area contributed by atoms with Crippen LogP contribution in [-0.4, -0.2) is 42.5 Å². The van der Waals surface area contributed by atoms with Crippen LogP contribution >= 0.6 is 0 Å². The Bertz CT molecular complexity index is 377. The minimum Gasteiger partial charge on any atom is -0.383 e. The molecule has 2 N–H and O–H groups in total. The molecule has 1 aromatic heterocycles. The van der Waals surface area contributed by atoms with Crippen molar-refractivity contribution in [1.82, 2.24) is 20.4 Å². The van der Waals surface area contributed by atoms with Crippen LogP contribution in [0.15, 0.2) is 12.3 Å². The van der Waals surface area contributed by atoms with E-state index in [9.17, 15) is 4.79 Å². The third kappa shape index (κ3) is 3.04. The Morgan fingerprint density at radius 3 is 3.47 bits per heavy atom. The Morgan fingerprint density at radius 2 is 2.65 bits per heavy atom. The van der Waals surface area contributed by atoms with Gasteiger partial charge in [-0.15, -0.1) is 0 Å². The molecule has 0 saturated heterocycles. The number of amides is 1. The van der Waals surface area contributed by atoms with Crippen molar-refractivity contribution < 1.29 is 9.53 Å². The molecule has 0 spiro atoms. The molecule has 1 amide bonds. The average molecular weight is 238 g/mol. The molecule has 1 aliphatic rings. The summed E-state index contributed by atoms with van der Waals surface area (Å²) in [5, 5.41) is 10.3. The summed E-state index contributed by atoms with van der Waals surface area (Å²) in [6, 6.07) is 1.97. The first kappa shape index (κ1) is 12.1. The summed E-state index contributed by atoms with van der Waals surface area (Å²) in [5.74, 6) is -0.0223. The van der Waals surface area contributed by atoms with Gasteiger partial charge in [0.15, 0.2) is 0 Å². The minimum atomic E-state index is -0.0759. The second-order valence-electron chi connectivity index (χ2n) is 4.12. The van der Waals surface area contributed by atoms with Crippen molar-refractivity contribution in [2.24, 2.45) is 5.92 Å². The summed E-state index contributed by atoms with van der Waals surface area (Å²) < 4.78 is 6.79. The lowest BCUT2D eigenvalue weighted by Gasteiger charge is -2.14. The number of hydrogen-bond donors (Lipinski definition) is 2. The van der Waals surface area contributed by atoms with Gasteiger partial charge in [-0.25, -0.2) is 0 Å². The zero-order valence-electron chi connectivity index (χ0n) is 9.98. The highest BCUT2D eigenvalue weighted by molar-refractivity contribution is 5.78. The van der Waals surface area contributed by atoms with Gasteiger partial charge >= 0.3 is 0 Å². The molecule has 1 aromatic rings. The molecular weight excluding hydrogens is 220 g/mol. The van der Waals surface area contributed by atoms with Gasteiger partial charge in [0.1, 0.15) is 0 Å². The number of hydrogen-bond acceptors (Lipinski definition) is 4. The van der Waals surface area contributed by atoms with E-state index < -0.39 is 0 Å². The van der Waals surface area contributed by atoms with E-state index in [-0.39, 0.29) is 11.8 Å². The van der Waals surface area contributed by atoms with Crippen LogP contribution in [-0.2, 0) is 22.6 Å². The third-order valence-electron chi connectivity index (χ3n) is 2.87. The summed E-state index contributed by atoms with van der Waals surface area (Å²) in [6.07, 6.45) is 1.77. The Balaban J connectivity index is 1.91. The first-order valence-electron chi connectivity index (χ1n) is 5.79. The van der Waals surface area contributed by atoms with E-state index in [1.807, 2.05) is 10.7 Å². The van der Waals surface area contributed by atoms with Crippen LogP contribution in [0.2, 0.25) is 0 Å². The number of nitrogens with zero attached hydrogens (tertiary/aromatic N) is 2. The number of aromatic nitrogens is 2. The van der Waals surface area contributed by atoms with Crippen LogP contribution in [0.3, 0.4) is 0 Å². The van der Waals surface area contributed by atoms with Crippen LogP contribution < -0.4 is 10.6 Å². The fraction of sp³-hybridized carbons (Fsp3) is 0.636. The number of methoxy groups -OCH3 is 1. The monoisotopic (exact) mass is 238 g/mol. The number of carbonyl (C=O) groups excluding carboxylic acids is 1. The highest BCUT2D eigenvalue weighted by Crippen LogP contribution is 2.09. The predicted octanol–water partition coefficient (Wildman–Crippen LogP) is -0.635. The molecule has 2 heterocycles. The molecule has 0 unspecified atom stereocenters. The highest BCUT2D eigenvalue weighted by atomic mass is 16.5. The standard InChI is InChI=1S/C11H18N4O2/c1-17-5-4-13-11(16)9-6-12-7-10-2-3-14-15(10)8-9/h2-3,9,12H,4-8H2,1H3,(H,13,16)/t9-/m0/s1. The second kappa shape index (κ2) is 5.79. The summed E-state index contributed by atoms with van der Waals surface area (Å²) in [7, 11) is 1.62. The molecule has 0 aliphatic carbocycles. The molecule has 6 nitrogen and oxygen atoms in total. The van der Waals surface area contributed by atoms with E-state index in [0.717, 1.165) is 12.2 Å². The van der Waals surface area contributed by atoms with Crippen LogP contribution in [0.25, 0.3) is 0 Å². The molecule has 1 atom stereocenters. The molecule has 0 aromatic carbocycles. The number of carbonyl (C=O) groups is 1. The number of nitrogens with one attached hydrogen (secondary N) is 2. The Kier molecular flexibility index (Phi) is 4.11. The van der Waals surface area contributed by atoms with Gasteiger partial charge in [-0.1, -0.05) is 0 Å². The van der Waals surface area contributed by atoms with Crippen molar-refractivity contribution in [3.8, 4) is 0 Å². The van der Waals surface area contributed by atoms with Crippen molar-refractivity contribution in [1.29, 1.82) is 0 Å². The highest BCUT2D eigenvalue weighted by Gasteiger charge is 2.22. The topological polar surface area (TPSA) is 68.2 Å². The fourth-order valence-electron chi connectivity index (χ4n) is 1.92. The van der Waals surface area contributed by atoms with Crippen molar-refractivity contribution in [2.45, 2.75) is 13.1 Å². The van der Waals surface area contributed by atoms with Gasteiger partial charge in [0.2, 0.25) is 5.91 Å². The molecule has 6 heteroatoms. The van der Waals surface area contributed by atoms with E-state index in [1.54, 1.807) is 13.3 Å². The molecule has 17 heavy (non-hydrogen) atoms. The summed E-state index contributed by atoms with van der Waals surface area (Å²) >= 11 is 0. The van der Waals surface area contributed by atoms with Gasteiger partial charge < -0.3 is 15.4 Å². The SMILES string of the molecule is COCCNC(=O)[C@H]1CNCc2ccnn2C1. The van der Waals surface area contributed by atoms with Crippen molar-refractivity contribution >= 4 is 5.91 Å². The average Bonchev–Trinajstić information content (AvgIpc) is 2.66. The maximum absolute atomic E-state index is 11.9. The van der Waals surface area contributed by atoms with E-state index in [2.05, 4.69) is 15.7 Å². The molecule has 1 aliphatic heterocycles. The number of rotatable bonds is 4. The lowest BCUT2D eigenvalue weighted by molar-refractivity contribution is -0.125. The quantitative estimate of drug-likeness (QED) is 0.685. The van der Waals surface area contributed by atoms with E-state index in [0.29, 0.717) is 26.2 Å². The van der Waals surface area contributed by atoms with E-state index >= 15 is 0 Å². The Morgan fingerprint density at radius 1 is 1.76 bits per heavy atom. The molecule has 94 valence electrons. The van der Waals surface area contributed by atoms with Gasteiger partial charge in [-0.05, 0) is 6.07 Å². The largest absolute Gasteiger partial charge is 0.383 e. The number of ether oxygens (including phenoxy) is 1. The summed E-state index contributed by atoms with van der Waals surface area (Å²) in [4.78, 5) is 11.9. The van der Waals surface area contributed by atoms with Crippen molar-refractivity contribution in [2.75, 3.05) is 26.8 Å². The lowest BCUT2D eigenvalue weighted by atomic mass is 10.1. The molecule has 0 radical (unpaired) electrons. The van der Waals surface area contributed by atoms with Gasteiger partial charge in [-0.2, -0.15) is 5.10 Å². The maximum Gasteiger partial charge on any atom is 0.226 e. The molecule has 0 bridgehead atoms. The van der Waals surface area contributed by atoms with Crippen LogP contribution in [0, 0.1) is 5.92 Å². The first-order chi connectivity index (χ1) is 8.31. The van der Waals surface area contributed by atoms with Gasteiger partial charge in [0.25, 0.3) is 0 Å². The second-order valence-corrected chi connectivity index (χ2v) is 4.12. The fourth-order valence-corrected chi connectivity index (χ4v) is 1.92. The maximum atomic E-state index is 11.9. The summed E-state index contributed by atoms with van der Waals surface area (Å²) in [5.41, 5.74) is 1.12. The van der Waals surface area contributed by atoms with Crippen LogP contribution in [0.4, 0.5) is 0 Å². The Labute approximate surface area is 100 Å². The molecule has 0 saturated carbocycles. The van der Waals surface area contributed by atoms with Crippen molar-refractivity contribution in [3.05, 3.63) is 18.0 Å². The normalized spacial score (nSPS) is 19.5. The van der Waals surface area contributed by atoms with Crippen molar-refractivity contribution in [3.63, 3.8) is 0 Å². The smallest absolute Gasteiger partial charge is 0.226 e. The summed E-state index contributed by atoms with van der Waals surface area (Å²) in [6.45, 7) is 3.18. The van der Waals surface area contributed by atoms with Gasteiger partial charge in [-0.3, -0.25) is 9.48 Å². The third-order valence-corrected chi connectivity index (χ3v) is 2.87. The molecular formula is C11H18N4O2. The van der Waals surface area contributed by atoms with E-state index in [4.69, 9.17) is 4.74 Å². The van der Waals surface area contributed by atoms with E-state index in [1.165, 1.54) is 0 Å². The number of fused-ring (bicyclic) bond motifs is 1. The first-order valence-corrected chi connectivity index (χ1v) is 5.79. The molecule has 2 rings (SSSR count). The zero-order valence-corrected chi connectivity index (χ0v) is 9.98. The molecule has 0 fully saturated rings. The Hall–Kier alpha value is -1.40. The lowest BCUT2D eigenvalue weighted by Crippen LogP contribution is -2.38. The predicted molar refractivity (Wildman–Crippen MR) is 62.3 cm³/mol. The van der Waals surface area contributed by atoms with Gasteiger partial charge in [0.05, 0.1) is 24.8 Å². The van der Waals surface area contributed by atoms with Crippen LogP contribution in [0.1, 0.15) is 5.69 Å². The van der Waals surface area contributed by atoms with Gasteiger partial charge in [0, 0.05) is 32.9 Å².